The van der Waals surface area contributed by atoms with Crippen molar-refractivity contribution in [2.75, 3.05) is 17.2 Å². The fourth-order valence-electron chi connectivity index (χ4n) is 1.86. The van der Waals surface area contributed by atoms with Crippen LogP contribution in [0.5, 0.6) is 0 Å². The first-order valence-corrected chi connectivity index (χ1v) is 5.63. The Bertz CT molecular complexity index is 483. The SMILES string of the molecule is Nc1ccc(CCc2cc(N)cc(N)c2)cc1. The van der Waals surface area contributed by atoms with Gasteiger partial charge in [-0.15, -0.1) is 0 Å². The van der Waals surface area contributed by atoms with E-state index in [2.05, 4.69) is 0 Å². The molecule has 0 saturated carbocycles. The molecular weight excluding hydrogens is 210 g/mol. The molecule has 0 aromatic heterocycles. The van der Waals surface area contributed by atoms with Gasteiger partial charge in [0.1, 0.15) is 0 Å². The lowest BCUT2D eigenvalue weighted by Crippen LogP contribution is -1.96. The second-order valence-electron chi connectivity index (χ2n) is 4.25. The highest BCUT2D eigenvalue weighted by Gasteiger charge is 1.98. The van der Waals surface area contributed by atoms with Gasteiger partial charge in [0.05, 0.1) is 0 Å². The van der Waals surface area contributed by atoms with Gasteiger partial charge in [-0.25, -0.2) is 0 Å². The molecule has 0 radical (unpaired) electrons. The van der Waals surface area contributed by atoms with E-state index in [1.807, 2.05) is 36.4 Å². The molecule has 0 amide bonds. The predicted molar refractivity (Wildman–Crippen MR) is 73.5 cm³/mol. The molecular formula is C14H17N3. The smallest absolute Gasteiger partial charge is 0.0337 e. The average Bonchev–Trinajstić information content (AvgIpc) is 2.27. The number of nitrogens with two attached hydrogens (primary N) is 3. The summed E-state index contributed by atoms with van der Waals surface area (Å²) >= 11 is 0. The van der Waals surface area contributed by atoms with Crippen molar-refractivity contribution in [3.63, 3.8) is 0 Å². The van der Waals surface area contributed by atoms with Crippen LogP contribution in [0.4, 0.5) is 17.1 Å². The van der Waals surface area contributed by atoms with Crippen LogP contribution in [-0.4, -0.2) is 0 Å². The number of nitrogen functional groups attached to an aromatic ring is 3. The number of hydrogen-bond acceptors (Lipinski definition) is 3. The molecule has 3 heteroatoms. The van der Waals surface area contributed by atoms with Crippen molar-refractivity contribution >= 4 is 17.1 Å². The standard InChI is InChI=1S/C14H17N3/c15-12-5-3-10(4-6-12)1-2-11-7-13(16)9-14(17)8-11/h3-9H,1-2,15-17H2. The van der Waals surface area contributed by atoms with E-state index in [0.717, 1.165) is 29.9 Å². The Morgan fingerprint density at radius 2 is 1.12 bits per heavy atom. The highest BCUT2D eigenvalue weighted by Crippen LogP contribution is 2.16. The van der Waals surface area contributed by atoms with E-state index in [1.165, 1.54) is 11.1 Å². The number of benzene rings is 2. The van der Waals surface area contributed by atoms with Crippen molar-refractivity contribution in [3.05, 3.63) is 53.6 Å². The van der Waals surface area contributed by atoms with Crippen LogP contribution in [0, 0.1) is 0 Å². The Labute approximate surface area is 101 Å². The van der Waals surface area contributed by atoms with Crippen LogP contribution in [0.1, 0.15) is 11.1 Å². The van der Waals surface area contributed by atoms with E-state index in [1.54, 1.807) is 6.07 Å². The molecule has 0 atom stereocenters. The Balaban J connectivity index is 2.04. The summed E-state index contributed by atoms with van der Waals surface area (Å²) in [6.07, 6.45) is 1.89. The molecule has 0 aliphatic rings. The molecule has 0 spiro atoms. The first kappa shape index (κ1) is 11.3. The molecule has 0 aliphatic heterocycles. The van der Waals surface area contributed by atoms with Crippen LogP contribution in [0.3, 0.4) is 0 Å². The summed E-state index contributed by atoms with van der Waals surface area (Å²) in [6.45, 7) is 0. The Hall–Kier alpha value is -2.16. The summed E-state index contributed by atoms with van der Waals surface area (Å²) in [7, 11) is 0. The highest BCUT2D eigenvalue weighted by molar-refractivity contribution is 5.54. The lowest BCUT2D eigenvalue weighted by Gasteiger charge is -2.05. The summed E-state index contributed by atoms with van der Waals surface area (Å²) in [4.78, 5) is 0. The summed E-state index contributed by atoms with van der Waals surface area (Å²) in [5, 5.41) is 0. The summed E-state index contributed by atoms with van der Waals surface area (Å²) in [6, 6.07) is 13.6. The Kier molecular flexibility index (Phi) is 3.19. The van der Waals surface area contributed by atoms with Gasteiger partial charge in [-0.1, -0.05) is 12.1 Å². The van der Waals surface area contributed by atoms with Crippen molar-refractivity contribution in [1.29, 1.82) is 0 Å². The third-order valence-electron chi connectivity index (χ3n) is 2.72. The minimum atomic E-state index is 0.720. The maximum absolute atomic E-state index is 5.75. The molecule has 0 fully saturated rings. The molecule has 2 aromatic rings. The van der Waals surface area contributed by atoms with Gasteiger partial charge in [0.2, 0.25) is 0 Å². The normalized spacial score (nSPS) is 10.4. The van der Waals surface area contributed by atoms with Crippen LogP contribution in [0.25, 0.3) is 0 Å². The van der Waals surface area contributed by atoms with Crippen LogP contribution in [-0.2, 0) is 12.8 Å². The average molecular weight is 227 g/mol. The van der Waals surface area contributed by atoms with Crippen LogP contribution < -0.4 is 17.2 Å². The second-order valence-corrected chi connectivity index (χ2v) is 4.25. The predicted octanol–water partition coefficient (Wildman–Crippen LogP) is 2.22. The van der Waals surface area contributed by atoms with E-state index in [4.69, 9.17) is 17.2 Å². The molecule has 17 heavy (non-hydrogen) atoms. The van der Waals surface area contributed by atoms with Gasteiger partial charge >= 0.3 is 0 Å². The lowest BCUT2D eigenvalue weighted by molar-refractivity contribution is 0.962. The van der Waals surface area contributed by atoms with Crippen LogP contribution in [0.15, 0.2) is 42.5 Å². The highest BCUT2D eigenvalue weighted by atomic mass is 14.6. The molecule has 2 aromatic carbocycles. The summed E-state index contributed by atoms with van der Waals surface area (Å²) in [5.41, 5.74) is 21.8. The van der Waals surface area contributed by atoms with E-state index in [-0.39, 0.29) is 0 Å². The molecule has 3 nitrogen and oxygen atoms in total. The summed E-state index contributed by atoms with van der Waals surface area (Å²) in [5.74, 6) is 0. The topological polar surface area (TPSA) is 78.1 Å². The van der Waals surface area contributed by atoms with Gasteiger partial charge in [0, 0.05) is 17.1 Å². The van der Waals surface area contributed by atoms with Crippen molar-refractivity contribution in [2.24, 2.45) is 0 Å². The number of rotatable bonds is 3. The van der Waals surface area contributed by atoms with E-state index >= 15 is 0 Å². The first-order valence-electron chi connectivity index (χ1n) is 5.63. The number of hydrogen-bond donors (Lipinski definition) is 3. The minimum Gasteiger partial charge on any atom is -0.399 e. The maximum atomic E-state index is 5.75. The van der Waals surface area contributed by atoms with Crippen LogP contribution in [0.2, 0.25) is 0 Å². The molecule has 0 aliphatic carbocycles. The van der Waals surface area contributed by atoms with Gasteiger partial charge in [0.25, 0.3) is 0 Å². The zero-order valence-electron chi connectivity index (χ0n) is 9.69. The maximum Gasteiger partial charge on any atom is 0.0337 e. The van der Waals surface area contributed by atoms with E-state index in [9.17, 15) is 0 Å². The Morgan fingerprint density at radius 1 is 0.588 bits per heavy atom. The van der Waals surface area contributed by atoms with Crippen molar-refractivity contribution in [3.8, 4) is 0 Å². The lowest BCUT2D eigenvalue weighted by atomic mass is 10.0. The number of anilines is 3. The first-order chi connectivity index (χ1) is 8.13. The van der Waals surface area contributed by atoms with Crippen molar-refractivity contribution < 1.29 is 0 Å². The Morgan fingerprint density at radius 3 is 1.71 bits per heavy atom. The molecule has 0 saturated heterocycles. The van der Waals surface area contributed by atoms with Crippen molar-refractivity contribution in [1.82, 2.24) is 0 Å². The van der Waals surface area contributed by atoms with E-state index < -0.39 is 0 Å². The number of aryl methyl sites for hydroxylation is 2. The molecule has 0 bridgehead atoms. The van der Waals surface area contributed by atoms with Crippen LogP contribution >= 0.6 is 0 Å². The second kappa shape index (κ2) is 4.78. The zero-order chi connectivity index (χ0) is 12.3. The molecule has 0 heterocycles. The fraction of sp³-hybridized carbons (Fsp3) is 0.143. The molecule has 88 valence electrons. The molecule has 0 unspecified atom stereocenters. The summed E-state index contributed by atoms with van der Waals surface area (Å²) < 4.78 is 0. The zero-order valence-corrected chi connectivity index (χ0v) is 9.69. The quantitative estimate of drug-likeness (QED) is 0.703. The van der Waals surface area contributed by atoms with Crippen molar-refractivity contribution in [2.45, 2.75) is 12.8 Å². The third-order valence-corrected chi connectivity index (χ3v) is 2.72. The minimum absolute atomic E-state index is 0.720. The fourth-order valence-corrected chi connectivity index (χ4v) is 1.86. The van der Waals surface area contributed by atoms with Gasteiger partial charge in [-0.3, -0.25) is 0 Å². The monoisotopic (exact) mass is 227 g/mol. The van der Waals surface area contributed by atoms with E-state index in [0.29, 0.717) is 0 Å². The molecule has 6 N–H and O–H groups in total. The largest absolute Gasteiger partial charge is 0.399 e. The third kappa shape index (κ3) is 3.14. The van der Waals surface area contributed by atoms with Gasteiger partial charge in [0.15, 0.2) is 0 Å². The van der Waals surface area contributed by atoms with Gasteiger partial charge in [-0.2, -0.15) is 0 Å². The van der Waals surface area contributed by atoms with Gasteiger partial charge < -0.3 is 17.2 Å². The van der Waals surface area contributed by atoms with Gasteiger partial charge in [-0.05, 0) is 54.3 Å². The molecule has 2 rings (SSSR count).